The summed E-state index contributed by atoms with van der Waals surface area (Å²) < 4.78 is 5.86. The number of halogens is 1. The Labute approximate surface area is 133 Å². The Bertz CT molecular complexity index is 750. The van der Waals surface area contributed by atoms with Crippen LogP contribution in [-0.2, 0) is 17.8 Å². The molecule has 1 aliphatic heterocycles. The van der Waals surface area contributed by atoms with Gasteiger partial charge in [-0.3, -0.25) is 0 Å². The van der Waals surface area contributed by atoms with Gasteiger partial charge in [-0.25, -0.2) is 0 Å². The van der Waals surface area contributed by atoms with Crippen molar-refractivity contribution in [3.8, 4) is 5.75 Å². The third-order valence-electron chi connectivity index (χ3n) is 3.65. The highest BCUT2D eigenvalue weighted by molar-refractivity contribution is 6.19. The lowest BCUT2D eigenvalue weighted by Crippen LogP contribution is -2.24. The highest BCUT2D eigenvalue weighted by Gasteiger charge is 2.19. The first kappa shape index (κ1) is 14.7. The highest BCUT2D eigenvalue weighted by Crippen LogP contribution is 2.37. The lowest BCUT2D eigenvalue weighted by Gasteiger charge is -2.12. The second-order valence-electron chi connectivity index (χ2n) is 5.10. The van der Waals surface area contributed by atoms with Crippen molar-refractivity contribution in [2.75, 3.05) is 5.88 Å². The van der Waals surface area contributed by atoms with E-state index < -0.39 is 5.97 Å². The molecule has 0 radical (unpaired) electrons. The fourth-order valence-corrected chi connectivity index (χ4v) is 2.85. The fraction of sp³-hybridized carbons (Fsp3) is 0.167. The van der Waals surface area contributed by atoms with Gasteiger partial charge in [0.05, 0.1) is 0 Å². The van der Waals surface area contributed by atoms with Crippen LogP contribution >= 0.6 is 11.6 Å². The number of carbonyl (C=O) groups is 1. The van der Waals surface area contributed by atoms with Gasteiger partial charge in [0.1, 0.15) is 12.4 Å². The Hall–Kier alpha value is -2.26. The number of allylic oxidation sites excluding steroid dienone is 1. The molecule has 2 aromatic rings. The van der Waals surface area contributed by atoms with Crippen molar-refractivity contribution in [1.29, 1.82) is 0 Å². The summed E-state index contributed by atoms with van der Waals surface area (Å²) in [6.45, 7) is 0.475. The van der Waals surface area contributed by atoms with Crippen molar-refractivity contribution in [2.24, 2.45) is 0 Å². The molecule has 3 nitrogen and oxygen atoms in total. The molecule has 0 saturated heterocycles. The minimum Gasteiger partial charge on any atom is -0.550 e. The van der Waals surface area contributed by atoms with Gasteiger partial charge >= 0.3 is 0 Å². The molecule has 112 valence electrons. The molecule has 0 bridgehead atoms. The Balaban J connectivity index is 2.16. The van der Waals surface area contributed by atoms with Crippen LogP contribution in [0.4, 0.5) is 0 Å². The summed E-state index contributed by atoms with van der Waals surface area (Å²) in [6, 6.07) is 13.4. The summed E-state index contributed by atoms with van der Waals surface area (Å²) in [5.74, 6) is 0.000748. The van der Waals surface area contributed by atoms with E-state index >= 15 is 0 Å². The summed E-state index contributed by atoms with van der Waals surface area (Å²) in [5.41, 5.74) is 4.66. The van der Waals surface area contributed by atoms with Crippen LogP contribution < -0.4 is 9.84 Å². The highest BCUT2D eigenvalue weighted by atomic mass is 35.5. The molecule has 0 amide bonds. The van der Waals surface area contributed by atoms with Crippen molar-refractivity contribution >= 4 is 23.1 Å². The van der Waals surface area contributed by atoms with Crippen molar-refractivity contribution < 1.29 is 14.6 Å². The van der Waals surface area contributed by atoms with E-state index in [1.54, 1.807) is 6.07 Å². The number of aliphatic carboxylic acids is 1. The molecular formula is C18H14ClO3-. The monoisotopic (exact) mass is 313 g/mol. The van der Waals surface area contributed by atoms with E-state index in [0.29, 0.717) is 18.1 Å². The second kappa shape index (κ2) is 6.24. The van der Waals surface area contributed by atoms with E-state index in [-0.39, 0.29) is 6.42 Å². The maximum atomic E-state index is 10.8. The van der Waals surface area contributed by atoms with Gasteiger partial charge in [-0.1, -0.05) is 36.4 Å². The minimum atomic E-state index is -1.10. The quantitative estimate of drug-likeness (QED) is 0.818. The average Bonchev–Trinajstić information content (AvgIpc) is 2.65. The van der Waals surface area contributed by atoms with Gasteiger partial charge < -0.3 is 14.6 Å². The maximum Gasteiger partial charge on any atom is 0.127 e. The van der Waals surface area contributed by atoms with E-state index in [2.05, 4.69) is 0 Å². The molecule has 0 aromatic heterocycles. The number of carboxylic acids is 1. The molecule has 1 heterocycles. The molecule has 0 spiro atoms. The number of benzene rings is 2. The van der Waals surface area contributed by atoms with Crippen LogP contribution in [0.25, 0.3) is 5.57 Å². The zero-order valence-electron chi connectivity index (χ0n) is 11.8. The largest absolute Gasteiger partial charge is 0.550 e. The number of hydrogen-bond acceptors (Lipinski definition) is 3. The molecule has 0 saturated carbocycles. The van der Waals surface area contributed by atoms with Crippen LogP contribution in [0.5, 0.6) is 5.75 Å². The summed E-state index contributed by atoms with van der Waals surface area (Å²) in [4.78, 5) is 10.8. The van der Waals surface area contributed by atoms with E-state index in [4.69, 9.17) is 16.3 Å². The second-order valence-corrected chi connectivity index (χ2v) is 5.41. The average molecular weight is 314 g/mol. The number of carbonyl (C=O) groups excluding carboxylic acids is 1. The third-order valence-corrected chi connectivity index (χ3v) is 3.81. The Morgan fingerprint density at radius 1 is 1.23 bits per heavy atom. The number of ether oxygens (including phenoxy) is 1. The van der Waals surface area contributed by atoms with Gasteiger partial charge in [-0.2, -0.15) is 0 Å². The predicted molar refractivity (Wildman–Crippen MR) is 83.7 cm³/mol. The molecule has 0 atom stereocenters. The number of alkyl halides is 1. The lowest BCUT2D eigenvalue weighted by atomic mass is 9.93. The summed E-state index contributed by atoms with van der Waals surface area (Å²) in [7, 11) is 0. The Morgan fingerprint density at radius 2 is 2.05 bits per heavy atom. The van der Waals surface area contributed by atoms with Crippen LogP contribution in [0.3, 0.4) is 0 Å². The Kier molecular flexibility index (Phi) is 4.16. The molecule has 0 N–H and O–H groups in total. The number of fused-ring (bicyclic) bond motifs is 2. The van der Waals surface area contributed by atoms with E-state index in [1.165, 1.54) is 0 Å². The van der Waals surface area contributed by atoms with Gasteiger partial charge in [0.25, 0.3) is 0 Å². The van der Waals surface area contributed by atoms with E-state index in [1.807, 2.05) is 42.5 Å². The standard InChI is InChI=1S/C18H15ClO3/c19-8-7-15-14-4-2-1-3-13(14)11-22-17-6-5-12(9-16(15)17)10-18(20)21/h1-7,9H,8,10-11H2,(H,20,21)/p-1/b15-7+. The van der Waals surface area contributed by atoms with Crippen LogP contribution in [0.15, 0.2) is 48.5 Å². The topological polar surface area (TPSA) is 49.4 Å². The molecule has 0 aliphatic carbocycles. The lowest BCUT2D eigenvalue weighted by molar-refractivity contribution is -0.304. The molecule has 1 aliphatic rings. The van der Waals surface area contributed by atoms with Crippen molar-refractivity contribution in [2.45, 2.75) is 13.0 Å². The number of carboxylic acid groups (broad SMARTS) is 1. The Morgan fingerprint density at radius 3 is 2.82 bits per heavy atom. The normalized spacial score (nSPS) is 14.7. The smallest absolute Gasteiger partial charge is 0.127 e. The van der Waals surface area contributed by atoms with Crippen LogP contribution in [0.2, 0.25) is 0 Å². The van der Waals surface area contributed by atoms with Gasteiger partial charge in [-0.15, -0.1) is 11.6 Å². The zero-order valence-corrected chi connectivity index (χ0v) is 12.6. The van der Waals surface area contributed by atoms with E-state index in [9.17, 15) is 9.90 Å². The van der Waals surface area contributed by atoms with Crippen LogP contribution in [0.1, 0.15) is 22.3 Å². The van der Waals surface area contributed by atoms with Crippen LogP contribution in [-0.4, -0.2) is 11.8 Å². The fourth-order valence-electron chi connectivity index (χ4n) is 2.70. The summed E-state index contributed by atoms with van der Waals surface area (Å²) in [5, 5.41) is 10.8. The van der Waals surface area contributed by atoms with Crippen molar-refractivity contribution in [3.63, 3.8) is 0 Å². The SMILES string of the molecule is O=C([O-])Cc1ccc2c(c1)/C(=C/CCl)c1ccccc1CO2. The molecule has 2 aromatic carbocycles. The molecule has 22 heavy (non-hydrogen) atoms. The summed E-state index contributed by atoms with van der Waals surface area (Å²) >= 11 is 5.92. The van der Waals surface area contributed by atoms with Gasteiger partial charge in [0, 0.05) is 23.8 Å². The molecule has 0 unspecified atom stereocenters. The summed E-state index contributed by atoms with van der Waals surface area (Å²) in [6.07, 6.45) is 1.81. The van der Waals surface area contributed by atoms with Gasteiger partial charge in [-0.05, 0) is 34.4 Å². The van der Waals surface area contributed by atoms with Crippen molar-refractivity contribution in [1.82, 2.24) is 0 Å². The first-order chi connectivity index (χ1) is 10.7. The zero-order chi connectivity index (χ0) is 15.5. The van der Waals surface area contributed by atoms with Gasteiger partial charge in [0.2, 0.25) is 0 Å². The first-order valence-electron chi connectivity index (χ1n) is 6.99. The maximum absolute atomic E-state index is 10.8. The first-order valence-corrected chi connectivity index (χ1v) is 7.53. The predicted octanol–water partition coefficient (Wildman–Crippen LogP) is 2.54. The van der Waals surface area contributed by atoms with Crippen molar-refractivity contribution in [3.05, 3.63) is 70.8 Å². The molecular weight excluding hydrogens is 300 g/mol. The van der Waals surface area contributed by atoms with Gasteiger partial charge in [0.15, 0.2) is 0 Å². The number of rotatable bonds is 3. The molecule has 3 rings (SSSR count). The third kappa shape index (κ3) is 2.85. The minimum absolute atomic E-state index is 0.122. The van der Waals surface area contributed by atoms with Crippen LogP contribution in [0, 0.1) is 0 Å². The van der Waals surface area contributed by atoms with E-state index in [0.717, 1.165) is 28.0 Å². The number of hydrogen-bond donors (Lipinski definition) is 0. The molecule has 0 fully saturated rings. The molecule has 4 heteroatoms.